The third kappa shape index (κ3) is 5.02. The molecule has 7 heteroatoms. The zero-order valence-electron chi connectivity index (χ0n) is 13.1. The van der Waals surface area contributed by atoms with Gasteiger partial charge in [0.25, 0.3) is 0 Å². The Morgan fingerprint density at radius 3 is 2.90 bits per heavy atom. The van der Waals surface area contributed by atoms with E-state index in [0.717, 1.165) is 32.4 Å². The van der Waals surface area contributed by atoms with Crippen molar-refractivity contribution in [2.45, 2.75) is 32.7 Å². The van der Waals surface area contributed by atoms with Crippen LogP contribution in [-0.2, 0) is 23.0 Å². The fourth-order valence-corrected chi connectivity index (χ4v) is 4.72. The minimum absolute atomic E-state index is 0.428. The highest BCUT2D eigenvalue weighted by molar-refractivity contribution is 7.88. The summed E-state index contributed by atoms with van der Waals surface area (Å²) in [6.07, 6.45) is 6.33. The molecular weight excluding hydrogens is 306 g/mol. The van der Waals surface area contributed by atoms with Crippen molar-refractivity contribution in [3.05, 3.63) is 16.1 Å². The zero-order valence-corrected chi connectivity index (χ0v) is 14.7. The van der Waals surface area contributed by atoms with Crippen LogP contribution < -0.4 is 0 Å². The van der Waals surface area contributed by atoms with Gasteiger partial charge >= 0.3 is 0 Å². The molecule has 1 saturated heterocycles. The molecule has 5 nitrogen and oxygen atoms in total. The van der Waals surface area contributed by atoms with Crippen molar-refractivity contribution >= 4 is 21.4 Å². The molecule has 0 amide bonds. The highest BCUT2D eigenvalue weighted by atomic mass is 32.2. The number of hydrogen-bond acceptors (Lipinski definition) is 5. The molecule has 1 fully saturated rings. The van der Waals surface area contributed by atoms with Gasteiger partial charge in [0.15, 0.2) is 0 Å². The first kappa shape index (κ1) is 16.9. The number of rotatable bonds is 6. The SMILES string of the molecule is CCc1ncc(CN(C)C[C@H]2CCCN(S(C)(=O)=O)C2)s1. The highest BCUT2D eigenvalue weighted by Crippen LogP contribution is 2.21. The van der Waals surface area contributed by atoms with Gasteiger partial charge in [-0.25, -0.2) is 17.7 Å². The third-order valence-electron chi connectivity index (χ3n) is 3.85. The molecule has 1 aliphatic heterocycles. The van der Waals surface area contributed by atoms with E-state index in [4.69, 9.17) is 0 Å². The predicted octanol–water partition coefficient (Wildman–Crippen LogP) is 1.81. The summed E-state index contributed by atoms with van der Waals surface area (Å²) in [5.74, 6) is 0.428. The Kier molecular flexibility index (Phi) is 5.76. The number of aromatic nitrogens is 1. The molecule has 0 aliphatic carbocycles. The van der Waals surface area contributed by atoms with E-state index in [1.54, 1.807) is 15.6 Å². The summed E-state index contributed by atoms with van der Waals surface area (Å²) in [6, 6.07) is 0. The smallest absolute Gasteiger partial charge is 0.211 e. The lowest BCUT2D eigenvalue weighted by Crippen LogP contribution is -2.42. The molecule has 0 saturated carbocycles. The Labute approximate surface area is 132 Å². The second kappa shape index (κ2) is 7.17. The summed E-state index contributed by atoms with van der Waals surface area (Å²) in [5, 5.41) is 1.18. The average Bonchev–Trinajstić information content (AvgIpc) is 2.85. The quantitative estimate of drug-likeness (QED) is 0.798. The van der Waals surface area contributed by atoms with Crippen LogP contribution >= 0.6 is 11.3 Å². The van der Waals surface area contributed by atoms with Crippen molar-refractivity contribution in [1.82, 2.24) is 14.2 Å². The van der Waals surface area contributed by atoms with Crippen LogP contribution in [0.4, 0.5) is 0 Å². The van der Waals surface area contributed by atoms with Gasteiger partial charge in [0.1, 0.15) is 0 Å². The summed E-state index contributed by atoms with van der Waals surface area (Å²) in [5.41, 5.74) is 0. The van der Waals surface area contributed by atoms with Gasteiger partial charge in [0.05, 0.1) is 11.3 Å². The van der Waals surface area contributed by atoms with E-state index in [0.29, 0.717) is 19.0 Å². The Balaban J connectivity index is 1.85. The summed E-state index contributed by atoms with van der Waals surface area (Å²) in [6.45, 7) is 5.28. The predicted molar refractivity (Wildman–Crippen MR) is 87.0 cm³/mol. The van der Waals surface area contributed by atoms with Crippen molar-refractivity contribution in [1.29, 1.82) is 0 Å². The van der Waals surface area contributed by atoms with Crippen LogP contribution in [0.1, 0.15) is 29.7 Å². The van der Waals surface area contributed by atoms with Crippen molar-refractivity contribution in [2.75, 3.05) is 32.9 Å². The van der Waals surface area contributed by atoms with Crippen LogP contribution in [0, 0.1) is 5.92 Å². The van der Waals surface area contributed by atoms with Gasteiger partial charge in [0.2, 0.25) is 10.0 Å². The summed E-state index contributed by atoms with van der Waals surface area (Å²) in [4.78, 5) is 7.95. The van der Waals surface area contributed by atoms with E-state index in [2.05, 4.69) is 23.9 Å². The molecule has 2 rings (SSSR count). The molecule has 0 N–H and O–H groups in total. The average molecular weight is 332 g/mol. The number of hydrogen-bond donors (Lipinski definition) is 0. The number of piperidine rings is 1. The third-order valence-corrected chi connectivity index (χ3v) is 6.25. The minimum atomic E-state index is -3.05. The molecule has 0 spiro atoms. The van der Waals surface area contributed by atoms with Gasteiger partial charge in [-0.15, -0.1) is 11.3 Å². The van der Waals surface area contributed by atoms with Crippen LogP contribution in [0.15, 0.2) is 6.20 Å². The summed E-state index contributed by atoms with van der Waals surface area (Å²) >= 11 is 1.77. The zero-order chi connectivity index (χ0) is 15.5. The topological polar surface area (TPSA) is 53.5 Å². The minimum Gasteiger partial charge on any atom is -0.301 e. The monoisotopic (exact) mass is 331 g/mol. The molecule has 120 valence electrons. The molecule has 0 aromatic carbocycles. The summed E-state index contributed by atoms with van der Waals surface area (Å²) in [7, 11) is -0.945. The maximum Gasteiger partial charge on any atom is 0.211 e. The molecule has 1 atom stereocenters. The molecule has 0 radical (unpaired) electrons. The first-order valence-corrected chi connectivity index (χ1v) is 10.1. The number of nitrogens with zero attached hydrogens (tertiary/aromatic N) is 3. The number of thiazole rings is 1. The lowest BCUT2D eigenvalue weighted by molar-refractivity contribution is 0.197. The van der Waals surface area contributed by atoms with Crippen molar-refractivity contribution < 1.29 is 8.42 Å². The second-order valence-corrected chi connectivity index (χ2v) is 9.08. The van der Waals surface area contributed by atoms with Gasteiger partial charge in [0, 0.05) is 37.3 Å². The van der Waals surface area contributed by atoms with Gasteiger partial charge in [-0.2, -0.15) is 0 Å². The van der Waals surface area contributed by atoms with E-state index in [-0.39, 0.29) is 0 Å². The maximum absolute atomic E-state index is 11.7. The highest BCUT2D eigenvalue weighted by Gasteiger charge is 2.26. The Hall–Kier alpha value is -0.500. The molecule has 0 bridgehead atoms. The molecule has 1 aromatic heterocycles. The first-order chi connectivity index (χ1) is 9.88. The van der Waals surface area contributed by atoms with Gasteiger partial charge < -0.3 is 4.90 Å². The van der Waals surface area contributed by atoms with E-state index >= 15 is 0 Å². The lowest BCUT2D eigenvalue weighted by atomic mass is 9.99. The van der Waals surface area contributed by atoms with Crippen LogP contribution in [-0.4, -0.2) is 55.5 Å². The second-order valence-electron chi connectivity index (χ2n) is 5.90. The van der Waals surface area contributed by atoms with E-state index in [1.807, 2.05) is 6.20 Å². The van der Waals surface area contributed by atoms with Crippen molar-refractivity contribution in [3.8, 4) is 0 Å². The molecular formula is C14H25N3O2S2. The van der Waals surface area contributed by atoms with Gasteiger partial charge in [-0.3, -0.25) is 0 Å². The number of aryl methyl sites for hydroxylation is 1. The largest absolute Gasteiger partial charge is 0.301 e. The van der Waals surface area contributed by atoms with Crippen molar-refractivity contribution in [2.24, 2.45) is 5.92 Å². The van der Waals surface area contributed by atoms with Crippen molar-refractivity contribution in [3.63, 3.8) is 0 Å². The van der Waals surface area contributed by atoms with Crippen LogP contribution in [0.25, 0.3) is 0 Å². The molecule has 0 unspecified atom stereocenters. The molecule has 1 aliphatic rings. The Bertz CT molecular complexity index is 556. The van der Waals surface area contributed by atoms with E-state index in [1.165, 1.54) is 16.1 Å². The van der Waals surface area contributed by atoms with E-state index < -0.39 is 10.0 Å². The molecule has 1 aromatic rings. The van der Waals surface area contributed by atoms with Crippen LogP contribution in [0.5, 0.6) is 0 Å². The lowest BCUT2D eigenvalue weighted by Gasteiger charge is -2.33. The van der Waals surface area contributed by atoms with Gasteiger partial charge in [-0.1, -0.05) is 6.92 Å². The van der Waals surface area contributed by atoms with Crippen LogP contribution in [0.3, 0.4) is 0 Å². The molecule has 21 heavy (non-hydrogen) atoms. The van der Waals surface area contributed by atoms with E-state index in [9.17, 15) is 8.42 Å². The fourth-order valence-electron chi connectivity index (χ4n) is 2.83. The Morgan fingerprint density at radius 2 is 2.29 bits per heavy atom. The fraction of sp³-hybridized carbons (Fsp3) is 0.786. The standard InChI is InChI=1S/C14H25N3O2S2/c1-4-14-15-8-13(20-14)11-16(2)9-12-6-5-7-17(10-12)21(3,18)19/h8,12H,4-7,9-11H2,1-3H3/t12-/m1/s1. The normalized spacial score (nSPS) is 21.0. The molecule has 2 heterocycles. The summed E-state index contributed by atoms with van der Waals surface area (Å²) < 4.78 is 24.9. The first-order valence-electron chi connectivity index (χ1n) is 7.45. The van der Waals surface area contributed by atoms with Crippen LogP contribution in [0.2, 0.25) is 0 Å². The maximum atomic E-state index is 11.7. The Morgan fingerprint density at radius 1 is 1.52 bits per heavy atom. The van der Waals surface area contributed by atoms with Gasteiger partial charge in [-0.05, 0) is 32.2 Å². The number of sulfonamides is 1.